The molecule has 0 amide bonds. The van der Waals surface area contributed by atoms with Crippen molar-refractivity contribution in [2.75, 3.05) is 7.11 Å². The first-order chi connectivity index (χ1) is 9.19. The van der Waals surface area contributed by atoms with E-state index in [2.05, 4.69) is 4.98 Å². The number of nitrogens with zero attached hydrogens (tertiary/aromatic N) is 1. The Balaban J connectivity index is 1.90. The normalized spacial score (nSPS) is 21.9. The SMILES string of the molecule is COC(=O)C1CC(c2cccc3ncc(O)cc23)C1. The monoisotopic (exact) mass is 257 g/mol. The van der Waals surface area contributed by atoms with Crippen LogP contribution in [0.15, 0.2) is 30.5 Å². The van der Waals surface area contributed by atoms with Crippen LogP contribution in [0.1, 0.15) is 24.3 Å². The van der Waals surface area contributed by atoms with E-state index in [4.69, 9.17) is 4.74 Å². The Morgan fingerprint density at radius 1 is 1.42 bits per heavy atom. The Hall–Kier alpha value is -2.10. The van der Waals surface area contributed by atoms with E-state index in [0.717, 1.165) is 29.3 Å². The minimum absolute atomic E-state index is 0.00974. The number of pyridine rings is 1. The van der Waals surface area contributed by atoms with Crippen LogP contribution in [0, 0.1) is 5.92 Å². The predicted molar refractivity (Wildman–Crippen MR) is 70.9 cm³/mol. The van der Waals surface area contributed by atoms with Gasteiger partial charge in [-0.2, -0.15) is 0 Å². The van der Waals surface area contributed by atoms with Crippen molar-refractivity contribution in [2.45, 2.75) is 18.8 Å². The highest BCUT2D eigenvalue weighted by Crippen LogP contribution is 2.44. The molecule has 0 bridgehead atoms. The smallest absolute Gasteiger partial charge is 0.308 e. The van der Waals surface area contributed by atoms with E-state index in [1.807, 2.05) is 18.2 Å². The van der Waals surface area contributed by atoms with Gasteiger partial charge < -0.3 is 9.84 Å². The first-order valence-electron chi connectivity index (χ1n) is 6.34. The van der Waals surface area contributed by atoms with Gasteiger partial charge >= 0.3 is 5.97 Å². The average molecular weight is 257 g/mol. The summed E-state index contributed by atoms with van der Waals surface area (Å²) in [4.78, 5) is 15.6. The molecule has 1 fully saturated rings. The molecular weight excluding hydrogens is 242 g/mol. The molecule has 0 saturated heterocycles. The molecule has 4 heteroatoms. The molecule has 19 heavy (non-hydrogen) atoms. The van der Waals surface area contributed by atoms with E-state index < -0.39 is 0 Å². The molecule has 1 aliphatic carbocycles. The fourth-order valence-electron chi connectivity index (χ4n) is 2.75. The minimum Gasteiger partial charge on any atom is -0.506 e. The van der Waals surface area contributed by atoms with Gasteiger partial charge in [-0.25, -0.2) is 0 Å². The summed E-state index contributed by atoms with van der Waals surface area (Å²) in [7, 11) is 1.43. The molecule has 98 valence electrons. The molecule has 1 aliphatic rings. The first kappa shape index (κ1) is 12.0. The maximum Gasteiger partial charge on any atom is 0.308 e. The van der Waals surface area contributed by atoms with Crippen molar-refractivity contribution in [1.82, 2.24) is 4.98 Å². The topological polar surface area (TPSA) is 59.4 Å². The third-order valence-electron chi connectivity index (χ3n) is 3.86. The van der Waals surface area contributed by atoms with Crippen molar-refractivity contribution in [3.05, 3.63) is 36.0 Å². The van der Waals surface area contributed by atoms with E-state index in [-0.39, 0.29) is 17.6 Å². The quantitative estimate of drug-likeness (QED) is 0.840. The molecule has 0 aliphatic heterocycles. The molecule has 2 aromatic rings. The molecule has 1 N–H and O–H groups in total. The van der Waals surface area contributed by atoms with Crippen LogP contribution in [0.5, 0.6) is 5.75 Å². The highest BCUT2D eigenvalue weighted by Gasteiger charge is 2.36. The Morgan fingerprint density at radius 2 is 2.21 bits per heavy atom. The third-order valence-corrected chi connectivity index (χ3v) is 3.86. The van der Waals surface area contributed by atoms with Gasteiger partial charge in [0.15, 0.2) is 0 Å². The van der Waals surface area contributed by atoms with Crippen LogP contribution in [-0.2, 0) is 9.53 Å². The van der Waals surface area contributed by atoms with E-state index in [1.165, 1.54) is 13.3 Å². The summed E-state index contributed by atoms with van der Waals surface area (Å²) in [5.74, 6) is 0.396. The second kappa shape index (κ2) is 4.53. The standard InChI is InChI=1S/C15H15NO3/c1-19-15(18)10-5-9(6-10)12-3-2-4-14-13(12)7-11(17)8-16-14/h2-4,7-10,17H,5-6H2,1H3. The van der Waals surface area contributed by atoms with Crippen molar-refractivity contribution < 1.29 is 14.6 Å². The van der Waals surface area contributed by atoms with E-state index in [0.29, 0.717) is 5.92 Å². The molecule has 0 unspecified atom stereocenters. The largest absolute Gasteiger partial charge is 0.506 e. The van der Waals surface area contributed by atoms with Crippen molar-refractivity contribution in [3.8, 4) is 5.75 Å². The number of rotatable bonds is 2. The Bertz CT molecular complexity index is 632. The summed E-state index contributed by atoms with van der Waals surface area (Å²) in [6.45, 7) is 0. The predicted octanol–water partition coefficient (Wildman–Crippen LogP) is 2.61. The van der Waals surface area contributed by atoms with Crippen LogP contribution >= 0.6 is 0 Å². The number of methoxy groups -OCH3 is 1. The second-order valence-electron chi connectivity index (χ2n) is 5.00. The van der Waals surface area contributed by atoms with Crippen LogP contribution in [-0.4, -0.2) is 23.2 Å². The second-order valence-corrected chi connectivity index (χ2v) is 5.00. The summed E-state index contributed by atoms with van der Waals surface area (Å²) in [5, 5.41) is 10.5. The van der Waals surface area contributed by atoms with Gasteiger partial charge in [0.25, 0.3) is 0 Å². The van der Waals surface area contributed by atoms with Crippen LogP contribution < -0.4 is 0 Å². The van der Waals surface area contributed by atoms with Gasteiger partial charge in [0.2, 0.25) is 0 Å². The highest BCUT2D eigenvalue weighted by atomic mass is 16.5. The van der Waals surface area contributed by atoms with Crippen LogP contribution in [0.3, 0.4) is 0 Å². The molecule has 4 nitrogen and oxygen atoms in total. The molecule has 1 saturated carbocycles. The van der Waals surface area contributed by atoms with Gasteiger partial charge in [0.1, 0.15) is 5.75 Å². The average Bonchev–Trinajstić information content (AvgIpc) is 2.37. The zero-order valence-electron chi connectivity index (χ0n) is 10.7. The number of benzene rings is 1. The number of fused-ring (bicyclic) bond motifs is 1. The van der Waals surface area contributed by atoms with Crippen molar-refractivity contribution >= 4 is 16.9 Å². The highest BCUT2D eigenvalue weighted by molar-refractivity contribution is 5.84. The van der Waals surface area contributed by atoms with Crippen LogP contribution in [0.4, 0.5) is 0 Å². The number of esters is 1. The van der Waals surface area contributed by atoms with Crippen LogP contribution in [0.2, 0.25) is 0 Å². The van der Waals surface area contributed by atoms with Gasteiger partial charge in [-0.05, 0) is 36.5 Å². The van der Waals surface area contributed by atoms with Gasteiger partial charge in [-0.15, -0.1) is 0 Å². The molecule has 0 atom stereocenters. The molecule has 1 aromatic heterocycles. The lowest BCUT2D eigenvalue weighted by molar-refractivity contribution is -0.148. The van der Waals surface area contributed by atoms with Crippen LogP contribution in [0.25, 0.3) is 10.9 Å². The fourth-order valence-corrected chi connectivity index (χ4v) is 2.75. The molecule has 3 rings (SSSR count). The Kier molecular flexibility index (Phi) is 2.85. The van der Waals surface area contributed by atoms with Gasteiger partial charge in [0, 0.05) is 5.39 Å². The Labute approximate surface area is 111 Å². The summed E-state index contributed by atoms with van der Waals surface area (Å²) < 4.78 is 4.75. The number of carbonyl (C=O) groups excluding carboxylic acids is 1. The van der Waals surface area contributed by atoms with Crippen molar-refractivity contribution in [2.24, 2.45) is 5.92 Å². The zero-order valence-corrected chi connectivity index (χ0v) is 10.7. The Morgan fingerprint density at radius 3 is 2.95 bits per heavy atom. The summed E-state index contributed by atoms with van der Waals surface area (Å²) in [6, 6.07) is 7.67. The number of aromatic nitrogens is 1. The molecule has 1 aromatic carbocycles. The van der Waals surface area contributed by atoms with Gasteiger partial charge in [-0.1, -0.05) is 12.1 Å². The van der Waals surface area contributed by atoms with Crippen molar-refractivity contribution in [1.29, 1.82) is 0 Å². The molecule has 0 spiro atoms. The van der Waals surface area contributed by atoms with Gasteiger partial charge in [-0.3, -0.25) is 9.78 Å². The third kappa shape index (κ3) is 2.03. The number of hydrogen-bond acceptors (Lipinski definition) is 4. The van der Waals surface area contributed by atoms with Crippen molar-refractivity contribution in [3.63, 3.8) is 0 Å². The summed E-state index contributed by atoms with van der Waals surface area (Å²) in [6.07, 6.45) is 3.06. The zero-order chi connectivity index (χ0) is 13.4. The lowest BCUT2D eigenvalue weighted by atomic mass is 9.70. The first-order valence-corrected chi connectivity index (χ1v) is 6.34. The van der Waals surface area contributed by atoms with Gasteiger partial charge in [0.05, 0.1) is 24.7 Å². The fraction of sp³-hybridized carbons (Fsp3) is 0.333. The number of aromatic hydroxyl groups is 1. The number of ether oxygens (including phenoxy) is 1. The molecule has 1 heterocycles. The number of hydrogen-bond donors (Lipinski definition) is 1. The summed E-state index contributed by atoms with van der Waals surface area (Å²) >= 11 is 0. The van der Waals surface area contributed by atoms with E-state index >= 15 is 0 Å². The lowest BCUT2D eigenvalue weighted by Crippen LogP contribution is -2.30. The minimum atomic E-state index is -0.127. The number of carbonyl (C=O) groups is 1. The summed E-state index contributed by atoms with van der Waals surface area (Å²) in [5.41, 5.74) is 2.03. The molecular formula is C15H15NO3. The van der Waals surface area contributed by atoms with E-state index in [9.17, 15) is 9.90 Å². The lowest BCUT2D eigenvalue weighted by Gasteiger charge is -2.34. The molecule has 0 radical (unpaired) electrons. The maximum absolute atomic E-state index is 11.4. The van der Waals surface area contributed by atoms with E-state index in [1.54, 1.807) is 6.07 Å². The maximum atomic E-state index is 11.4.